The minimum Gasteiger partial charge on any atom is -0.493 e. The van der Waals surface area contributed by atoms with Gasteiger partial charge >= 0.3 is 0 Å². The number of aromatic nitrogens is 2. The Morgan fingerprint density at radius 3 is 2.92 bits per heavy atom. The highest BCUT2D eigenvalue weighted by Gasteiger charge is 2.16. The zero-order chi connectivity index (χ0) is 17.0. The number of rotatable bonds is 1. The maximum absolute atomic E-state index is 6.46. The lowest BCUT2D eigenvalue weighted by Gasteiger charge is -2.18. The molecule has 0 aliphatic carbocycles. The molecule has 4 aromatic rings. The summed E-state index contributed by atoms with van der Waals surface area (Å²) in [6.07, 6.45) is 3.98. The van der Waals surface area contributed by atoms with Crippen molar-refractivity contribution in [3.05, 3.63) is 58.9 Å². The van der Waals surface area contributed by atoms with E-state index in [2.05, 4.69) is 28.2 Å². The Morgan fingerprint density at radius 2 is 2.00 bits per heavy atom. The fourth-order valence-corrected chi connectivity index (χ4v) is 4.00. The van der Waals surface area contributed by atoms with Crippen LogP contribution in [0.5, 0.6) is 5.75 Å². The molecule has 2 aromatic heterocycles. The molecule has 4 heteroatoms. The van der Waals surface area contributed by atoms with Gasteiger partial charge in [-0.05, 0) is 61.2 Å². The first-order valence-electron chi connectivity index (χ1n) is 8.53. The largest absolute Gasteiger partial charge is 0.493 e. The Morgan fingerprint density at radius 1 is 1.08 bits per heavy atom. The van der Waals surface area contributed by atoms with E-state index in [-0.39, 0.29) is 0 Å². The topological polar surface area (TPSA) is 37.9 Å². The third kappa shape index (κ3) is 2.30. The van der Waals surface area contributed by atoms with Crippen LogP contribution in [0.4, 0.5) is 0 Å². The zero-order valence-electron chi connectivity index (χ0n) is 13.9. The molecule has 0 bridgehead atoms. The average Bonchev–Trinajstić information content (AvgIpc) is 3.01. The van der Waals surface area contributed by atoms with Gasteiger partial charge in [0.1, 0.15) is 5.75 Å². The molecule has 3 heterocycles. The SMILES string of the molecule is Cc1nccc2c1[nH]c1c(-c3ccc4c(c3)CCCO4)cc(Cl)cc12. The number of nitrogens with zero attached hydrogens (tertiary/aromatic N) is 1. The predicted molar refractivity (Wildman–Crippen MR) is 103 cm³/mol. The van der Waals surface area contributed by atoms with Crippen molar-refractivity contribution in [2.45, 2.75) is 19.8 Å². The van der Waals surface area contributed by atoms with E-state index < -0.39 is 0 Å². The molecule has 0 fully saturated rings. The van der Waals surface area contributed by atoms with Crippen LogP contribution in [0, 0.1) is 6.92 Å². The Bertz CT molecular complexity index is 1130. The van der Waals surface area contributed by atoms with Gasteiger partial charge in [0.05, 0.1) is 23.3 Å². The molecule has 3 nitrogen and oxygen atoms in total. The average molecular weight is 349 g/mol. The van der Waals surface area contributed by atoms with Crippen LogP contribution in [0.25, 0.3) is 32.9 Å². The zero-order valence-corrected chi connectivity index (χ0v) is 14.7. The molecule has 2 aromatic carbocycles. The van der Waals surface area contributed by atoms with E-state index in [4.69, 9.17) is 16.3 Å². The van der Waals surface area contributed by atoms with Gasteiger partial charge in [-0.25, -0.2) is 0 Å². The summed E-state index contributed by atoms with van der Waals surface area (Å²) in [6, 6.07) is 12.5. The maximum Gasteiger partial charge on any atom is 0.122 e. The first kappa shape index (κ1) is 14.8. The molecule has 0 spiro atoms. The van der Waals surface area contributed by atoms with Gasteiger partial charge in [-0.15, -0.1) is 0 Å². The first-order valence-corrected chi connectivity index (χ1v) is 8.91. The second-order valence-electron chi connectivity index (χ2n) is 6.59. The number of ether oxygens (including phenoxy) is 1. The lowest BCUT2D eigenvalue weighted by molar-refractivity contribution is 0.288. The second kappa shape index (κ2) is 5.50. The van der Waals surface area contributed by atoms with E-state index in [1.807, 2.05) is 31.3 Å². The van der Waals surface area contributed by atoms with E-state index in [9.17, 15) is 0 Å². The summed E-state index contributed by atoms with van der Waals surface area (Å²) in [7, 11) is 0. The molecule has 5 rings (SSSR count). The number of nitrogens with one attached hydrogen (secondary N) is 1. The quantitative estimate of drug-likeness (QED) is 0.481. The third-order valence-electron chi connectivity index (χ3n) is 5.00. The van der Waals surface area contributed by atoms with Gasteiger partial charge in [-0.1, -0.05) is 17.7 Å². The van der Waals surface area contributed by atoms with Gasteiger partial charge in [0.2, 0.25) is 0 Å². The number of hydrogen-bond acceptors (Lipinski definition) is 2. The van der Waals surface area contributed by atoms with Crippen molar-refractivity contribution in [1.82, 2.24) is 9.97 Å². The van der Waals surface area contributed by atoms with Gasteiger partial charge in [-0.3, -0.25) is 4.98 Å². The van der Waals surface area contributed by atoms with Crippen LogP contribution in [0.2, 0.25) is 5.02 Å². The van der Waals surface area contributed by atoms with Crippen LogP contribution in [-0.2, 0) is 6.42 Å². The minimum atomic E-state index is 0.742. The molecule has 1 aliphatic heterocycles. The fraction of sp³-hybridized carbons (Fsp3) is 0.190. The molecule has 124 valence electrons. The van der Waals surface area contributed by atoms with Crippen LogP contribution in [0.3, 0.4) is 0 Å². The Balaban J connectivity index is 1.81. The summed E-state index contributed by atoms with van der Waals surface area (Å²) < 4.78 is 5.75. The van der Waals surface area contributed by atoms with E-state index in [0.29, 0.717) is 0 Å². The molecular formula is C21H17ClN2O. The smallest absolute Gasteiger partial charge is 0.122 e. The number of halogens is 1. The van der Waals surface area contributed by atoms with Gasteiger partial charge < -0.3 is 9.72 Å². The van der Waals surface area contributed by atoms with Crippen molar-refractivity contribution in [2.24, 2.45) is 0 Å². The van der Waals surface area contributed by atoms with E-state index in [1.165, 1.54) is 5.56 Å². The lowest BCUT2D eigenvalue weighted by atomic mass is 9.97. The summed E-state index contributed by atoms with van der Waals surface area (Å²) in [5.41, 5.74) is 6.72. The molecule has 1 aliphatic rings. The van der Waals surface area contributed by atoms with E-state index >= 15 is 0 Å². The number of aryl methyl sites for hydroxylation is 2. The molecule has 0 amide bonds. The monoisotopic (exact) mass is 348 g/mol. The Labute approximate surface area is 150 Å². The summed E-state index contributed by atoms with van der Waals surface area (Å²) in [6.45, 7) is 2.83. The Hall–Kier alpha value is -2.52. The number of benzene rings is 2. The van der Waals surface area contributed by atoms with Crippen molar-refractivity contribution < 1.29 is 4.74 Å². The summed E-state index contributed by atoms with van der Waals surface area (Å²) in [5, 5.41) is 3.04. The number of hydrogen-bond donors (Lipinski definition) is 1. The van der Waals surface area contributed by atoms with Crippen LogP contribution in [0.15, 0.2) is 42.6 Å². The van der Waals surface area contributed by atoms with Crippen molar-refractivity contribution in [2.75, 3.05) is 6.61 Å². The number of pyridine rings is 1. The molecule has 0 atom stereocenters. The lowest BCUT2D eigenvalue weighted by Crippen LogP contribution is -2.08. The van der Waals surface area contributed by atoms with Crippen LogP contribution in [-0.4, -0.2) is 16.6 Å². The molecular weight excluding hydrogens is 332 g/mol. The highest BCUT2D eigenvalue weighted by Crippen LogP contribution is 2.38. The summed E-state index contributed by atoms with van der Waals surface area (Å²) in [5.74, 6) is 1.00. The Kier molecular flexibility index (Phi) is 3.25. The van der Waals surface area contributed by atoms with Gasteiger partial charge in [0, 0.05) is 27.6 Å². The highest BCUT2D eigenvalue weighted by molar-refractivity contribution is 6.32. The van der Waals surface area contributed by atoms with Gasteiger partial charge in [0.25, 0.3) is 0 Å². The number of aromatic amines is 1. The van der Waals surface area contributed by atoms with Crippen LogP contribution < -0.4 is 4.74 Å². The van der Waals surface area contributed by atoms with Crippen LogP contribution >= 0.6 is 11.6 Å². The molecule has 0 saturated heterocycles. The van der Waals surface area contributed by atoms with Crippen molar-refractivity contribution in [1.29, 1.82) is 0 Å². The van der Waals surface area contributed by atoms with E-state index in [1.54, 1.807) is 0 Å². The van der Waals surface area contributed by atoms with Gasteiger partial charge in [0.15, 0.2) is 0 Å². The summed E-state index contributed by atoms with van der Waals surface area (Å²) >= 11 is 6.46. The molecule has 0 unspecified atom stereocenters. The molecule has 0 radical (unpaired) electrons. The first-order chi connectivity index (χ1) is 12.2. The molecule has 0 saturated carbocycles. The minimum absolute atomic E-state index is 0.742. The third-order valence-corrected chi connectivity index (χ3v) is 5.22. The molecule has 25 heavy (non-hydrogen) atoms. The van der Waals surface area contributed by atoms with Crippen molar-refractivity contribution in [3.63, 3.8) is 0 Å². The predicted octanol–water partition coefficient (Wildman–Crippen LogP) is 5.67. The van der Waals surface area contributed by atoms with Crippen LogP contribution in [0.1, 0.15) is 17.7 Å². The normalized spacial score (nSPS) is 13.8. The van der Waals surface area contributed by atoms with Crippen molar-refractivity contribution in [3.8, 4) is 16.9 Å². The van der Waals surface area contributed by atoms with Crippen molar-refractivity contribution >= 4 is 33.4 Å². The second-order valence-corrected chi connectivity index (χ2v) is 7.03. The molecule has 1 N–H and O–H groups in total. The van der Waals surface area contributed by atoms with Gasteiger partial charge in [-0.2, -0.15) is 0 Å². The highest BCUT2D eigenvalue weighted by atomic mass is 35.5. The van der Waals surface area contributed by atoms with E-state index in [0.717, 1.165) is 68.8 Å². The number of H-pyrrole nitrogens is 1. The maximum atomic E-state index is 6.46. The number of fused-ring (bicyclic) bond motifs is 4. The summed E-state index contributed by atoms with van der Waals surface area (Å²) in [4.78, 5) is 7.97. The fourth-order valence-electron chi connectivity index (χ4n) is 3.78. The standard InChI is InChI=1S/C21H17ClN2O/c1-12-20-16(6-7-23-12)18-11-15(22)10-17(21(18)24-20)13-4-5-19-14(9-13)3-2-8-25-19/h4-7,9-11,24H,2-3,8H2,1H3.